The third-order valence-electron chi connectivity index (χ3n) is 4.44. The van der Waals surface area contributed by atoms with Gasteiger partial charge in [0.05, 0.1) is 6.61 Å². The van der Waals surface area contributed by atoms with Crippen molar-refractivity contribution < 1.29 is 14.3 Å². The predicted octanol–water partition coefficient (Wildman–Crippen LogP) is 3.80. The second-order valence-corrected chi connectivity index (χ2v) is 7.27. The van der Waals surface area contributed by atoms with Crippen LogP contribution < -0.4 is 10.6 Å². The molecular formula is C19H25BrN2O3. The standard InChI is InChI=1S/C19H25BrN2O3/c1-3-13-25-14(2)17(23)22-19(11-5-4-6-12-19)18(24)21-16-9-7-15(20)8-10-16/h3,7-10,14H,1,4-6,11-13H2,2H3,(H,21,24)(H,22,23)/t14-/m1/s1. The van der Waals surface area contributed by atoms with Gasteiger partial charge in [-0.3, -0.25) is 9.59 Å². The van der Waals surface area contributed by atoms with Crippen LogP contribution in [0.3, 0.4) is 0 Å². The molecule has 0 saturated heterocycles. The molecule has 0 aliphatic heterocycles. The first-order chi connectivity index (χ1) is 12.0. The van der Waals surface area contributed by atoms with E-state index in [4.69, 9.17) is 4.74 Å². The second-order valence-electron chi connectivity index (χ2n) is 6.36. The normalized spacial score (nSPS) is 17.4. The van der Waals surface area contributed by atoms with Crippen molar-refractivity contribution in [3.63, 3.8) is 0 Å². The summed E-state index contributed by atoms with van der Waals surface area (Å²) in [5.74, 6) is -0.437. The maximum atomic E-state index is 13.0. The van der Waals surface area contributed by atoms with Crippen molar-refractivity contribution in [2.75, 3.05) is 11.9 Å². The van der Waals surface area contributed by atoms with E-state index in [9.17, 15) is 9.59 Å². The molecule has 5 nitrogen and oxygen atoms in total. The van der Waals surface area contributed by atoms with E-state index >= 15 is 0 Å². The molecule has 0 spiro atoms. The molecule has 136 valence electrons. The van der Waals surface area contributed by atoms with E-state index in [0.717, 1.165) is 23.7 Å². The number of amides is 2. The third kappa shape index (κ3) is 5.41. The molecule has 2 amide bonds. The molecule has 1 atom stereocenters. The van der Waals surface area contributed by atoms with Crippen molar-refractivity contribution in [2.45, 2.75) is 50.7 Å². The number of ether oxygens (including phenoxy) is 1. The number of carbonyl (C=O) groups is 2. The smallest absolute Gasteiger partial charge is 0.250 e. The minimum Gasteiger partial charge on any atom is -0.365 e. The van der Waals surface area contributed by atoms with Crippen molar-refractivity contribution in [2.24, 2.45) is 0 Å². The van der Waals surface area contributed by atoms with Crippen molar-refractivity contribution in [3.05, 3.63) is 41.4 Å². The van der Waals surface area contributed by atoms with E-state index in [1.54, 1.807) is 13.0 Å². The van der Waals surface area contributed by atoms with Crippen LogP contribution in [0.5, 0.6) is 0 Å². The lowest BCUT2D eigenvalue weighted by Crippen LogP contribution is -2.59. The van der Waals surface area contributed by atoms with Gasteiger partial charge in [-0.2, -0.15) is 0 Å². The molecule has 0 aromatic heterocycles. The van der Waals surface area contributed by atoms with Crippen LogP contribution in [0.25, 0.3) is 0 Å². The molecule has 0 bridgehead atoms. The Kier molecular flexibility index (Phi) is 7.20. The van der Waals surface area contributed by atoms with Gasteiger partial charge in [0.2, 0.25) is 11.8 Å². The average Bonchev–Trinajstić information content (AvgIpc) is 2.62. The monoisotopic (exact) mass is 408 g/mol. The fourth-order valence-electron chi connectivity index (χ4n) is 2.97. The van der Waals surface area contributed by atoms with Gasteiger partial charge in [-0.15, -0.1) is 6.58 Å². The number of anilines is 1. The summed E-state index contributed by atoms with van der Waals surface area (Å²) < 4.78 is 6.33. The summed E-state index contributed by atoms with van der Waals surface area (Å²) in [5.41, 5.74) is -0.169. The highest BCUT2D eigenvalue weighted by molar-refractivity contribution is 9.10. The fourth-order valence-corrected chi connectivity index (χ4v) is 3.24. The van der Waals surface area contributed by atoms with Crippen LogP contribution >= 0.6 is 15.9 Å². The quantitative estimate of drug-likeness (QED) is 0.674. The second kappa shape index (κ2) is 9.15. The SMILES string of the molecule is C=CCO[C@H](C)C(=O)NC1(C(=O)Nc2ccc(Br)cc2)CCCCC1. The van der Waals surface area contributed by atoms with Crippen LogP contribution in [-0.4, -0.2) is 30.1 Å². The zero-order chi connectivity index (χ0) is 18.3. The van der Waals surface area contributed by atoms with Crippen molar-refractivity contribution >= 4 is 33.4 Å². The van der Waals surface area contributed by atoms with Crippen LogP contribution in [0.2, 0.25) is 0 Å². The molecule has 1 saturated carbocycles. The summed E-state index contributed by atoms with van der Waals surface area (Å²) in [6.07, 6.45) is 5.14. The first-order valence-corrected chi connectivity index (χ1v) is 9.38. The van der Waals surface area contributed by atoms with Gasteiger partial charge >= 0.3 is 0 Å². The number of halogens is 1. The van der Waals surface area contributed by atoms with Crippen LogP contribution in [0.4, 0.5) is 5.69 Å². The Labute approximate surface area is 157 Å². The highest BCUT2D eigenvalue weighted by atomic mass is 79.9. The van der Waals surface area contributed by atoms with Crippen LogP contribution in [0.1, 0.15) is 39.0 Å². The first kappa shape index (κ1) is 19.7. The van der Waals surface area contributed by atoms with Crippen molar-refractivity contribution in [1.29, 1.82) is 0 Å². The molecule has 0 unspecified atom stereocenters. The third-order valence-corrected chi connectivity index (χ3v) is 4.97. The molecule has 1 aliphatic rings. The number of benzene rings is 1. The first-order valence-electron chi connectivity index (χ1n) is 8.58. The minimum absolute atomic E-state index is 0.168. The molecule has 1 aromatic rings. The molecule has 0 heterocycles. The lowest BCUT2D eigenvalue weighted by atomic mass is 9.80. The summed E-state index contributed by atoms with van der Waals surface area (Å²) >= 11 is 3.38. The van der Waals surface area contributed by atoms with Gasteiger partial charge in [0, 0.05) is 10.2 Å². The summed E-state index contributed by atoms with van der Waals surface area (Å²) in [4.78, 5) is 25.4. The number of nitrogens with one attached hydrogen (secondary N) is 2. The van der Waals surface area contributed by atoms with Crippen molar-refractivity contribution in [3.8, 4) is 0 Å². The Balaban J connectivity index is 2.10. The lowest BCUT2D eigenvalue weighted by molar-refractivity contribution is -0.138. The number of hydrogen-bond donors (Lipinski definition) is 2. The Morgan fingerprint density at radius 3 is 2.52 bits per heavy atom. The van der Waals surface area contributed by atoms with Gasteiger partial charge < -0.3 is 15.4 Å². The van der Waals surface area contributed by atoms with E-state index < -0.39 is 11.6 Å². The zero-order valence-electron chi connectivity index (χ0n) is 14.5. The maximum Gasteiger partial charge on any atom is 0.250 e. The van der Waals surface area contributed by atoms with Gasteiger partial charge in [0.1, 0.15) is 11.6 Å². The molecular weight excluding hydrogens is 384 g/mol. The summed E-state index contributed by atoms with van der Waals surface area (Å²) in [5, 5.41) is 5.89. The van der Waals surface area contributed by atoms with Crippen molar-refractivity contribution in [1.82, 2.24) is 5.32 Å². The van der Waals surface area contributed by atoms with Crippen LogP contribution in [0.15, 0.2) is 41.4 Å². The van der Waals surface area contributed by atoms with Gasteiger partial charge in [-0.25, -0.2) is 0 Å². The molecule has 2 N–H and O–H groups in total. The largest absolute Gasteiger partial charge is 0.365 e. The Bertz CT molecular complexity index is 610. The molecule has 2 rings (SSSR count). The van der Waals surface area contributed by atoms with E-state index in [1.807, 2.05) is 24.3 Å². The van der Waals surface area contributed by atoms with Gasteiger partial charge in [0.15, 0.2) is 0 Å². The topological polar surface area (TPSA) is 67.4 Å². The van der Waals surface area contributed by atoms with Crippen LogP contribution in [-0.2, 0) is 14.3 Å². The Morgan fingerprint density at radius 2 is 1.92 bits per heavy atom. The molecule has 1 aliphatic carbocycles. The summed E-state index contributed by atoms with van der Waals surface area (Å²) in [6.45, 7) is 5.56. The van der Waals surface area contributed by atoms with Crippen LogP contribution in [0, 0.1) is 0 Å². The highest BCUT2D eigenvalue weighted by Crippen LogP contribution is 2.30. The van der Waals surface area contributed by atoms with Gasteiger partial charge in [0.25, 0.3) is 0 Å². The van der Waals surface area contributed by atoms with E-state index in [2.05, 4.69) is 33.1 Å². The van der Waals surface area contributed by atoms with E-state index in [1.165, 1.54) is 0 Å². The van der Waals surface area contributed by atoms with E-state index in [-0.39, 0.29) is 11.8 Å². The molecule has 1 fully saturated rings. The molecule has 1 aromatic carbocycles. The van der Waals surface area contributed by atoms with E-state index in [0.29, 0.717) is 25.1 Å². The fraction of sp³-hybridized carbons (Fsp3) is 0.474. The number of rotatable bonds is 7. The number of hydrogen-bond acceptors (Lipinski definition) is 3. The number of carbonyl (C=O) groups excluding carboxylic acids is 2. The summed E-state index contributed by atoms with van der Waals surface area (Å²) in [7, 11) is 0. The molecule has 0 radical (unpaired) electrons. The van der Waals surface area contributed by atoms with Gasteiger partial charge in [-0.05, 0) is 44.0 Å². The van der Waals surface area contributed by atoms with Gasteiger partial charge in [-0.1, -0.05) is 41.3 Å². The Morgan fingerprint density at radius 1 is 1.28 bits per heavy atom. The average molecular weight is 409 g/mol. The molecule has 25 heavy (non-hydrogen) atoms. The minimum atomic E-state index is -0.881. The Hall–Kier alpha value is -1.66. The summed E-state index contributed by atoms with van der Waals surface area (Å²) in [6, 6.07) is 7.40. The maximum absolute atomic E-state index is 13.0. The highest BCUT2D eigenvalue weighted by Gasteiger charge is 2.41. The zero-order valence-corrected chi connectivity index (χ0v) is 16.1. The lowest BCUT2D eigenvalue weighted by Gasteiger charge is -2.37. The predicted molar refractivity (Wildman–Crippen MR) is 102 cm³/mol. The molecule has 6 heteroatoms.